The van der Waals surface area contributed by atoms with Gasteiger partial charge in [-0.25, -0.2) is 0 Å². The third kappa shape index (κ3) is 11.6. The number of piperidine rings is 1. The average molecular weight is 304 g/mol. The van der Waals surface area contributed by atoms with E-state index >= 15 is 0 Å². The number of likely N-dealkylation sites (tertiary alicyclic amines) is 1. The fraction of sp³-hybridized carbons (Fsp3) is 0.941. The van der Waals surface area contributed by atoms with Crippen LogP contribution in [0.15, 0.2) is 0 Å². The predicted molar refractivity (Wildman–Crippen MR) is 94.6 cm³/mol. The van der Waals surface area contributed by atoms with Crippen LogP contribution in [0.25, 0.3) is 0 Å². The Kier molecular flexibility index (Phi) is 18.7. The molecule has 2 rings (SSSR count). The lowest BCUT2D eigenvalue weighted by atomic mass is 10.0. The van der Waals surface area contributed by atoms with Gasteiger partial charge in [-0.15, -0.1) is 0 Å². The zero-order valence-electron chi connectivity index (χ0n) is 14.7. The standard InChI is InChI=1S/C7H13NOS.C6H12.2C2H6/c1-8-5-6(10-2)3-4-7(8)9;1-2-4-6-5-3-1;2*1-2/h6H,3-5H2,1-2H3;1-6H2;2*1-2H3. The van der Waals surface area contributed by atoms with E-state index in [0.29, 0.717) is 11.2 Å². The number of thioether (sulfide) groups is 1. The van der Waals surface area contributed by atoms with Crippen LogP contribution < -0.4 is 0 Å². The summed E-state index contributed by atoms with van der Waals surface area (Å²) < 4.78 is 0. The lowest BCUT2D eigenvalue weighted by Crippen LogP contribution is -2.38. The van der Waals surface area contributed by atoms with Gasteiger partial charge in [0.05, 0.1) is 0 Å². The van der Waals surface area contributed by atoms with Crippen LogP contribution in [0.2, 0.25) is 0 Å². The zero-order valence-corrected chi connectivity index (χ0v) is 15.5. The Hall–Kier alpha value is -0.180. The third-order valence-electron chi connectivity index (χ3n) is 3.42. The van der Waals surface area contributed by atoms with Crippen molar-refractivity contribution in [3.05, 3.63) is 0 Å². The number of rotatable bonds is 1. The second kappa shape index (κ2) is 16.9. The normalized spacial score (nSPS) is 21.4. The highest BCUT2D eigenvalue weighted by atomic mass is 32.2. The maximum atomic E-state index is 11.0. The molecule has 1 saturated heterocycles. The molecule has 20 heavy (non-hydrogen) atoms. The van der Waals surface area contributed by atoms with Crippen LogP contribution in [0.3, 0.4) is 0 Å². The highest BCUT2D eigenvalue weighted by molar-refractivity contribution is 7.99. The Balaban J connectivity index is 0. The molecule has 0 aromatic rings. The number of carbonyl (C=O) groups excluding carboxylic acids is 1. The molecule has 0 radical (unpaired) electrons. The van der Waals surface area contributed by atoms with Crippen LogP contribution in [0.4, 0.5) is 0 Å². The van der Waals surface area contributed by atoms with Gasteiger partial charge in [0.15, 0.2) is 0 Å². The Morgan fingerprint density at radius 3 is 1.65 bits per heavy atom. The number of hydrogen-bond acceptors (Lipinski definition) is 2. The first-order valence-corrected chi connectivity index (χ1v) is 9.79. The molecule has 0 N–H and O–H groups in total. The molecule has 2 nitrogen and oxygen atoms in total. The van der Waals surface area contributed by atoms with Crippen molar-refractivity contribution < 1.29 is 4.79 Å². The summed E-state index contributed by atoms with van der Waals surface area (Å²) >= 11 is 1.86. The molecule has 1 aliphatic carbocycles. The number of nitrogens with zero attached hydrogens (tertiary/aromatic N) is 1. The summed E-state index contributed by atoms with van der Waals surface area (Å²) in [4.78, 5) is 12.8. The molecule has 0 aromatic carbocycles. The second-order valence-electron chi connectivity index (χ2n) is 4.79. The first-order chi connectivity index (χ1) is 9.74. The Morgan fingerprint density at radius 2 is 1.35 bits per heavy atom. The minimum Gasteiger partial charge on any atom is -0.345 e. The summed E-state index contributed by atoms with van der Waals surface area (Å²) in [7, 11) is 1.88. The second-order valence-corrected chi connectivity index (χ2v) is 5.93. The van der Waals surface area contributed by atoms with Crippen molar-refractivity contribution in [1.82, 2.24) is 4.90 Å². The van der Waals surface area contributed by atoms with Crippen LogP contribution in [0.5, 0.6) is 0 Å². The number of carbonyl (C=O) groups is 1. The molecule has 2 fully saturated rings. The molecule has 2 aliphatic rings. The van der Waals surface area contributed by atoms with Gasteiger partial charge in [0.25, 0.3) is 0 Å². The van der Waals surface area contributed by atoms with Gasteiger partial charge in [-0.2, -0.15) is 11.8 Å². The summed E-state index contributed by atoms with van der Waals surface area (Å²) in [5, 5.41) is 0.669. The molecule has 1 atom stereocenters. The van der Waals surface area contributed by atoms with E-state index in [1.807, 2.05) is 51.4 Å². The largest absolute Gasteiger partial charge is 0.345 e. The molecule has 0 bridgehead atoms. The smallest absolute Gasteiger partial charge is 0.222 e. The lowest BCUT2D eigenvalue weighted by molar-refractivity contribution is -0.131. The highest BCUT2D eigenvalue weighted by Crippen LogP contribution is 2.19. The van der Waals surface area contributed by atoms with Gasteiger partial charge in [-0.1, -0.05) is 66.2 Å². The first kappa shape index (κ1) is 22.1. The van der Waals surface area contributed by atoms with Gasteiger partial charge in [0, 0.05) is 25.3 Å². The van der Waals surface area contributed by atoms with Gasteiger partial charge in [0.2, 0.25) is 5.91 Å². The van der Waals surface area contributed by atoms with Crippen molar-refractivity contribution in [2.75, 3.05) is 19.8 Å². The number of amides is 1. The van der Waals surface area contributed by atoms with E-state index in [0.717, 1.165) is 19.4 Å². The monoisotopic (exact) mass is 303 g/mol. The molecule has 1 heterocycles. The molecule has 0 aromatic heterocycles. The van der Waals surface area contributed by atoms with Crippen molar-refractivity contribution in [2.45, 2.75) is 84.3 Å². The fourth-order valence-corrected chi connectivity index (χ4v) is 2.95. The highest BCUT2D eigenvalue weighted by Gasteiger charge is 2.21. The van der Waals surface area contributed by atoms with Crippen molar-refractivity contribution in [3.8, 4) is 0 Å². The van der Waals surface area contributed by atoms with E-state index in [9.17, 15) is 4.79 Å². The van der Waals surface area contributed by atoms with Crippen LogP contribution in [0, 0.1) is 0 Å². The van der Waals surface area contributed by atoms with Crippen LogP contribution in [0.1, 0.15) is 79.1 Å². The summed E-state index contributed by atoms with van der Waals surface area (Å²) in [6.07, 6.45) is 12.9. The van der Waals surface area contributed by atoms with Crippen LogP contribution in [-0.4, -0.2) is 35.9 Å². The Morgan fingerprint density at radius 1 is 0.950 bits per heavy atom. The quantitative estimate of drug-likeness (QED) is 0.649. The molecule has 1 aliphatic heterocycles. The maximum absolute atomic E-state index is 11.0. The van der Waals surface area contributed by atoms with Gasteiger partial charge in [-0.3, -0.25) is 4.79 Å². The van der Waals surface area contributed by atoms with Crippen molar-refractivity contribution in [2.24, 2.45) is 0 Å². The summed E-state index contributed by atoms with van der Waals surface area (Å²) in [5.41, 5.74) is 0. The van der Waals surface area contributed by atoms with Crippen LogP contribution in [-0.2, 0) is 4.79 Å². The SMILES string of the molecule is C1CCCCC1.CC.CC.CSC1CCC(=O)N(C)C1. The fourth-order valence-electron chi connectivity index (χ4n) is 2.23. The van der Waals surface area contributed by atoms with Gasteiger partial charge < -0.3 is 4.90 Å². The van der Waals surface area contributed by atoms with Crippen molar-refractivity contribution >= 4 is 17.7 Å². The molecule has 0 spiro atoms. The molecule has 1 amide bonds. The minimum absolute atomic E-state index is 0.297. The van der Waals surface area contributed by atoms with Gasteiger partial charge in [0.1, 0.15) is 0 Å². The van der Waals surface area contributed by atoms with E-state index in [1.54, 1.807) is 0 Å². The average Bonchev–Trinajstić information content (AvgIpc) is 2.56. The van der Waals surface area contributed by atoms with E-state index in [2.05, 4.69) is 6.26 Å². The van der Waals surface area contributed by atoms with E-state index < -0.39 is 0 Å². The summed E-state index contributed by atoms with van der Waals surface area (Å²) in [6, 6.07) is 0. The van der Waals surface area contributed by atoms with Crippen molar-refractivity contribution in [1.29, 1.82) is 0 Å². The zero-order chi connectivity index (χ0) is 15.8. The molecular formula is C17H37NOS. The molecule has 122 valence electrons. The topological polar surface area (TPSA) is 20.3 Å². The number of hydrogen-bond donors (Lipinski definition) is 0. The van der Waals surface area contributed by atoms with E-state index in [4.69, 9.17) is 0 Å². The Labute approximate surface area is 132 Å². The molecule has 3 heteroatoms. The Bertz CT molecular complexity index is 194. The predicted octanol–water partition coefficient (Wildman–Crippen LogP) is 5.36. The third-order valence-corrected chi connectivity index (χ3v) is 4.47. The van der Waals surface area contributed by atoms with Crippen molar-refractivity contribution in [3.63, 3.8) is 0 Å². The first-order valence-electron chi connectivity index (χ1n) is 8.51. The maximum Gasteiger partial charge on any atom is 0.222 e. The lowest BCUT2D eigenvalue weighted by Gasteiger charge is -2.28. The molecule has 1 saturated carbocycles. The molecule has 1 unspecified atom stereocenters. The van der Waals surface area contributed by atoms with Crippen LogP contribution >= 0.6 is 11.8 Å². The summed E-state index contributed by atoms with van der Waals surface area (Å²) in [5.74, 6) is 0.297. The van der Waals surface area contributed by atoms with Gasteiger partial charge >= 0.3 is 0 Å². The van der Waals surface area contributed by atoms with E-state index in [1.165, 1.54) is 38.5 Å². The van der Waals surface area contributed by atoms with E-state index in [-0.39, 0.29) is 0 Å². The molecular weight excluding hydrogens is 266 g/mol. The summed E-state index contributed by atoms with van der Waals surface area (Å²) in [6.45, 7) is 8.93. The van der Waals surface area contributed by atoms with Gasteiger partial charge in [-0.05, 0) is 12.7 Å². The minimum atomic E-state index is 0.297.